The lowest BCUT2D eigenvalue weighted by Crippen LogP contribution is -2.55. The van der Waals surface area contributed by atoms with Crippen LogP contribution in [0.25, 0.3) is 0 Å². The Morgan fingerprint density at radius 2 is 1.15 bits per heavy atom. The molecule has 21 nitrogen and oxygen atoms in total. The lowest BCUT2D eigenvalue weighted by Gasteiger charge is -2.48. The summed E-state index contributed by atoms with van der Waals surface area (Å²) in [5.41, 5.74) is -0.636. The molecule has 1 amide bonds. The average molecular weight is 1130 g/mol. The van der Waals surface area contributed by atoms with Gasteiger partial charge < -0.3 is 52.3 Å². The van der Waals surface area contributed by atoms with Gasteiger partial charge >= 0.3 is 44.6 Å². The van der Waals surface area contributed by atoms with Crippen LogP contribution in [0, 0.1) is 45.3 Å². The third-order valence-corrected chi connectivity index (χ3v) is 21.4. The van der Waals surface area contributed by atoms with E-state index in [1.807, 2.05) is 47.6 Å². The Bertz CT molecular complexity index is 2560. The van der Waals surface area contributed by atoms with E-state index in [0.717, 1.165) is 0 Å². The molecule has 2 N–H and O–H groups in total. The van der Waals surface area contributed by atoms with E-state index in [0.29, 0.717) is 64.3 Å². The number of esters is 6. The summed E-state index contributed by atoms with van der Waals surface area (Å²) >= 11 is 0. The lowest BCUT2D eigenvalue weighted by molar-refractivity contribution is -0.147. The maximum absolute atomic E-state index is 14.7. The first-order valence-electron chi connectivity index (χ1n) is 27.2. The normalized spacial score (nSPS) is 31.2. The van der Waals surface area contributed by atoms with E-state index < -0.39 is 102 Å². The van der Waals surface area contributed by atoms with Gasteiger partial charge in [-0.15, -0.1) is 0 Å². The van der Waals surface area contributed by atoms with Gasteiger partial charge in [-0.3, -0.25) is 48.5 Å². The molecule has 79 heavy (non-hydrogen) atoms. The van der Waals surface area contributed by atoms with Crippen LogP contribution in [0.4, 0.5) is 0 Å². The molecule has 8 bridgehead atoms. The largest absolute Gasteiger partial charge is 0.500 e. The molecule has 1 fully saturated rings. The second-order valence-electron chi connectivity index (χ2n) is 22.9. The second kappa shape index (κ2) is 25.9. The number of hydrogen-bond donors (Lipinski definition) is 2. The first-order valence-corrected chi connectivity index (χ1v) is 29.1. The number of carbonyl (C=O) groups excluding carboxylic acids is 7. The van der Waals surface area contributed by atoms with Crippen molar-refractivity contribution in [3.8, 4) is 0 Å². The number of amides is 1. The van der Waals surface area contributed by atoms with Crippen molar-refractivity contribution in [1.82, 2.24) is 10.6 Å². The van der Waals surface area contributed by atoms with Crippen LogP contribution in [0.15, 0.2) is 49.3 Å². The van der Waals surface area contributed by atoms with Gasteiger partial charge in [-0.1, -0.05) is 34.6 Å². The van der Waals surface area contributed by atoms with E-state index in [9.17, 15) is 33.6 Å². The highest BCUT2D eigenvalue weighted by Gasteiger charge is 2.67. The molecule has 5 heterocycles. The first kappa shape index (κ1) is 64.2. The van der Waals surface area contributed by atoms with Gasteiger partial charge in [0.15, 0.2) is 0 Å². The van der Waals surface area contributed by atoms with Gasteiger partial charge in [-0.2, -0.15) is 0 Å². The van der Waals surface area contributed by atoms with Gasteiger partial charge in [0.25, 0.3) is 0 Å². The predicted octanol–water partition coefficient (Wildman–Crippen LogP) is 6.75. The van der Waals surface area contributed by atoms with Gasteiger partial charge in [0.1, 0.15) is 0 Å². The predicted molar refractivity (Wildman–Crippen MR) is 295 cm³/mol. The van der Waals surface area contributed by atoms with Crippen molar-refractivity contribution in [2.24, 2.45) is 60.3 Å². The molecule has 0 saturated carbocycles. The maximum Gasteiger partial charge on any atom is 0.500 e. The zero-order chi connectivity index (χ0) is 59.1. The van der Waals surface area contributed by atoms with Gasteiger partial charge in [0, 0.05) is 146 Å². The van der Waals surface area contributed by atoms with Crippen molar-refractivity contribution >= 4 is 67.7 Å². The van der Waals surface area contributed by atoms with E-state index in [-0.39, 0.29) is 76.7 Å². The molecule has 1 unspecified atom stereocenters. The molecule has 0 aromatic carbocycles. The van der Waals surface area contributed by atoms with Gasteiger partial charge in [0.05, 0.1) is 67.1 Å². The van der Waals surface area contributed by atoms with Crippen LogP contribution in [0.2, 0.25) is 6.04 Å². The Labute approximate surface area is 467 Å². The Morgan fingerprint density at radius 3 is 1.68 bits per heavy atom. The molecule has 9 atom stereocenters. The minimum absolute atomic E-state index is 0.00537. The molecule has 0 aromatic rings. The molecule has 5 aliphatic heterocycles. The minimum atomic E-state index is -2.96. The highest BCUT2D eigenvalue weighted by atomic mass is 28.4. The van der Waals surface area contributed by atoms with E-state index in [4.69, 9.17) is 56.7 Å². The molecular weight excluding hydrogens is 1040 g/mol. The first-order chi connectivity index (χ1) is 37.1. The Balaban J connectivity index is 1.98. The fourth-order valence-corrected chi connectivity index (χ4v) is 15.2. The smallest absolute Gasteiger partial charge is 0.469 e. The van der Waals surface area contributed by atoms with Crippen LogP contribution in [0.5, 0.6) is 0 Å². The Morgan fingerprint density at radius 1 is 0.633 bits per heavy atom. The summed E-state index contributed by atoms with van der Waals surface area (Å²) in [4.78, 5) is 113. The summed E-state index contributed by atoms with van der Waals surface area (Å²) in [6.07, 6.45) is 2.84. The molecule has 5 rings (SSSR count). The number of nitrogens with zero attached hydrogens (tertiary/aromatic N) is 3. The molecule has 0 aromatic heterocycles. The fraction of sp³-hybridized carbons (Fsp3) is 0.719. The van der Waals surface area contributed by atoms with Crippen LogP contribution >= 0.6 is 0 Å². The van der Waals surface area contributed by atoms with Crippen LogP contribution in [0.1, 0.15) is 132 Å². The number of carbonyl (C=O) groups is 7. The number of rotatable bonds is 25. The zero-order valence-electron chi connectivity index (χ0n) is 49.7. The van der Waals surface area contributed by atoms with E-state index in [1.54, 1.807) is 0 Å². The molecule has 440 valence electrons. The standard InChI is InChI=1S/C57H87N5O16Si/c1-33-48-36(20-23-43(65)71-10)53(3,4)40(60-48)30-39-35(19-22-42(64)70-9)55(6,31-41(63)58-27-18-28-79(76-15,77-16)78-17)51(59-39)34(2)49-37(21-24-44(66)72-11)56(7,32-47(69)75-14)57(8,62-49)52-38(29-46(68)74-13)54(5,50(33)61-52)26-25-45(67)73-12/h30,35-38,52,59H,18-29,31-32H2,1-17H3,(H,58,63)/b39-30-,48-33-,51-34-/t35-,36-,37-,38+,52?,54-,55+,56+,57-/m1/s1. The average Bonchev–Trinajstić information content (AvgIpc) is 4.01. The third kappa shape index (κ3) is 12.7. The molecular formula is C57H87N5O16Si. The van der Waals surface area contributed by atoms with Crippen LogP contribution in [-0.2, 0) is 75.3 Å². The number of methoxy groups -OCH3 is 6. The molecule has 0 aliphatic carbocycles. The zero-order valence-corrected chi connectivity index (χ0v) is 50.7. The monoisotopic (exact) mass is 1130 g/mol. The summed E-state index contributed by atoms with van der Waals surface area (Å²) in [6, 6.07) is -0.468. The molecule has 1 saturated heterocycles. The van der Waals surface area contributed by atoms with Crippen molar-refractivity contribution in [3.63, 3.8) is 0 Å². The Kier molecular flexibility index (Phi) is 21.1. The van der Waals surface area contributed by atoms with Crippen molar-refractivity contribution in [3.05, 3.63) is 34.3 Å². The summed E-state index contributed by atoms with van der Waals surface area (Å²) < 4.78 is 48.6. The summed E-state index contributed by atoms with van der Waals surface area (Å²) in [5, 5.41) is 6.93. The molecule has 5 aliphatic rings. The van der Waals surface area contributed by atoms with Crippen molar-refractivity contribution < 1.29 is 75.3 Å². The van der Waals surface area contributed by atoms with E-state index in [1.165, 1.54) is 64.0 Å². The highest BCUT2D eigenvalue weighted by molar-refractivity contribution is 6.60. The van der Waals surface area contributed by atoms with Gasteiger partial charge in [-0.05, 0) is 70.1 Å². The number of allylic oxidation sites excluding steroid dienone is 6. The third-order valence-electron chi connectivity index (χ3n) is 18.5. The summed E-state index contributed by atoms with van der Waals surface area (Å²) in [6.45, 7) is 16.1. The second-order valence-corrected chi connectivity index (χ2v) is 26.0. The number of ether oxygens (including phenoxy) is 6. The van der Waals surface area contributed by atoms with E-state index in [2.05, 4.69) is 24.5 Å². The summed E-state index contributed by atoms with van der Waals surface area (Å²) in [5.74, 6) is -5.58. The SMILES string of the molecule is COC(=O)CC[C@@H]1/C2=C(\C)C3=NC([C@H](CC(=O)OC)[C@@]3(C)CCC(=O)OC)[C@@]3(C)N=C(/C(C)=C4\N/C(=C\C(=N2)C1(C)C)[C@@H](CCC(=O)OC)[C@]4(C)CC(=O)NCCC[Si](OC)(OC)OC)[C@@H](CCC(=O)OC)[C@]3(C)CC(=O)OC. The number of fused-ring (bicyclic) bond motifs is 6. The number of nitrogens with one attached hydrogen (secondary N) is 2. The van der Waals surface area contributed by atoms with Gasteiger partial charge in [-0.25, -0.2) is 0 Å². The van der Waals surface area contributed by atoms with Gasteiger partial charge in [0.2, 0.25) is 5.91 Å². The van der Waals surface area contributed by atoms with Crippen molar-refractivity contribution in [1.29, 1.82) is 0 Å². The molecule has 0 spiro atoms. The Hall–Kier alpha value is -5.58. The topological polar surface area (TPSA) is 264 Å². The number of aliphatic imine (C=N–C) groups is 3. The minimum Gasteiger partial charge on any atom is -0.469 e. The summed E-state index contributed by atoms with van der Waals surface area (Å²) in [7, 11) is 9.55. The molecule has 0 radical (unpaired) electrons. The van der Waals surface area contributed by atoms with Crippen LogP contribution < -0.4 is 10.6 Å². The molecule has 22 heteroatoms. The van der Waals surface area contributed by atoms with E-state index >= 15 is 0 Å². The quantitative estimate of drug-likeness (QED) is 0.0414. The lowest BCUT2D eigenvalue weighted by atomic mass is 9.55. The fourth-order valence-electron chi connectivity index (χ4n) is 13.4. The van der Waals surface area contributed by atoms with Crippen molar-refractivity contribution in [2.75, 3.05) is 70.5 Å². The maximum atomic E-state index is 14.7. The van der Waals surface area contributed by atoms with Crippen LogP contribution in [-0.4, -0.2) is 150 Å². The highest BCUT2D eigenvalue weighted by Crippen LogP contribution is 2.62. The number of hydrogen-bond acceptors (Lipinski definition) is 20. The van der Waals surface area contributed by atoms with Crippen molar-refractivity contribution in [2.45, 2.75) is 150 Å². The van der Waals surface area contributed by atoms with Crippen LogP contribution in [0.3, 0.4) is 0 Å².